The number of benzene rings is 6. The maximum absolute atomic E-state index is 12.1. The molecule has 0 aliphatic carbocycles. The molecule has 0 saturated carbocycles. The van der Waals surface area contributed by atoms with Gasteiger partial charge in [0.05, 0.1) is 42.0 Å². The molecule has 14 nitrogen and oxygen atoms in total. The smallest absolute Gasteiger partial charge is 0.644 e. The van der Waals surface area contributed by atoms with Crippen LogP contribution in [0.2, 0.25) is 0 Å². The second-order valence-corrected chi connectivity index (χ2v) is 27.1. The minimum absolute atomic E-state index is 0. The molecule has 22 heteroatoms. The number of aliphatic hydroxyl groups is 3. The first-order valence-corrected chi connectivity index (χ1v) is 33.0. The minimum Gasteiger partial charge on any atom is -0.644 e. The van der Waals surface area contributed by atoms with Crippen molar-refractivity contribution in [1.29, 1.82) is 0 Å². The number of hydrogen-bond acceptors (Lipinski definition) is 17. The summed E-state index contributed by atoms with van der Waals surface area (Å²) in [7, 11) is -8.11. The van der Waals surface area contributed by atoms with Crippen LogP contribution < -0.4 is 51.4 Å². The summed E-state index contributed by atoms with van der Waals surface area (Å²) >= 11 is 9.54. The van der Waals surface area contributed by atoms with Gasteiger partial charge in [0, 0.05) is 42.1 Å². The number of halogens is 1. The van der Waals surface area contributed by atoms with Crippen LogP contribution >= 0.6 is 33.2 Å². The second-order valence-electron chi connectivity index (χ2n) is 15.9. The molecule has 6 rings (SSSR count). The van der Waals surface area contributed by atoms with Crippen molar-refractivity contribution < 1.29 is 116 Å². The number of rotatable bonds is 20. The summed E-state index contributed by atoms with van der Waals surface area (Å²) in [4.78, 5) is 35.8. The van der Waals surface area contributed by atoms with Crippen LogP contribution in [0.3, 0.4) is 0 Å². The number of hydrogen-bond donors (Lipinski definition) is 3. The van der Waals surface area contributed by atoms with E-state index in [0.717, 1.165) is 51.1 Å². The maximum Gasteiger partial charge on any atom is 1.00 e. The number of carbonyl (C=O) groups excluding carboxylic acids is 3. The Bertz CT molecular complexity index is 2850. The summed E-state index contributed by atoms with van der Waals surface area (Å²) in [6, 6.07) is 45.7. The van der Waals surface area contributed by atoms with E-state index in [1.165, 1.54) is 12.1 Å². The van der Waals surface area contributed by atoms with E-state index >= 15 is 0 Å². The Hall–Kier alpha value is -3.36. The fourth-order valence-electron chi connectivity index (χ4n) is 5.39. The van der Waals surface area contributed by atoms with Crippen molar-refractivity contribution >= 4 is 89.4 Å². The molecule has 0 bridgehead atoms. The van der Waals surface area contributed by atoms with Crippen LogP contribution in [0.5, 0.6) is 0 Å². The van der Waals surface area contributed by atoms with E-state index in [1.807, 2.05) is 26.8 Å². The third-order valence-corrected chi connectivity index (χ3v) is 18.4. The normalized spacial score (nSPS) is 10.5. The molecule has 6 aromatic rings. The number of alkyl halides is 1. The van der Waals surface area contributed by atoms with Gasteiger partial charge in [-0.05, 0) is 161 Å². The van der Waals surface area contributed by atoms with E-state index in [1.54, 1.807) is 153 Å². The Labute approximate surface area is 521 Å². The van der Waals surface area contributed by atoms with Crippen molar-refractivity contribution in [3.8, 4) is 0 Å². The zero-order valence-corrected chi connectivity index (χ0v) is 53.2. The van der Waals surface area contributed by atoms with Crippen molar-refractivity contribution in [2.75, 3.05) is 43.8 Å². The SMILES string of the molecule is CCO.Cc1ccc(S(=O)(=O)SCCCCO)cc1.Cc1ccc(S(=O)(=O)SCCCCOC(=O)c2ccccc2)cc1.Cc1ccc(S(=O)(=O)[S-])cc1.O=C(OC(=O)c1ccccc1)c1ccccc1.OCCCCCl.[K+]. The standard InChI is InChI=1S/C18H20O4S2.C14H10O3.C11H16O3S2.C7H8O2S2.C4H9ClO.C2H6O.K/c1-15-9-11-17(12-10-15)24(20,21)23-14-6-5-13-22-18(19)16-7-3-2-4-8-16;15-13(11-7-3-1-4-8-11)17-14(16)12-9-5-2-6-10-12;1-10-4-6-11(7-5-10)16(13,14)15-9-3-2-8-12;1-6-2-4-7(5-3-6)11(8,9)10;5-3-1-2-4-6;1-2-3;/h2-4,7-12H,5-6,13-14H2,1H3;1-10H;4-7,12H,2-3,8-9H2,1H3;2-5H,1H3,(H,8,9,10);6H,1-4H2;3H,2H2,1H3;/q;;;;;;+1/p-1. The molecule has 0 aromatic heterocycles. The van der Waals surface area contributed by atoms with Crippen LogP contribution in [0.4, 0.5) is 0 Å². The molecule has 0 fully saturated rings. The quantitative estimate of drug-likeness (QED) is 0.0124. The number of aryl methyl sites for hydroxylation is 3. The molecule has 0 spiro atoms. The number of carbonyl (C=O) groups is 3. The van der Waals surface area contributed by atoms with Gasteiger partial charge in [-0.2, -0.15) is 0 Å². The van der Waals surface area contributed by atoms with Crippen LogP contribution in [0.15, 0.2) is 178 Å². The van der Waals surface area contributed by atoms with Gasteiger partial charge in [0.2, 0.25) is 17.7 Å². The van der Waals surface area contributed by atoms with Crippen LogP contribution in [0, 0.1) is 20.8 Å². The molecule has 6 aromatic carbocycles. The van der Waals surface area contributed by atoms with Gasteiger partial charge in [-0.25, -0.2) is 39.6 Å². The van der Waals surface area contributed by atoms with Gasteiger partial charge in [0.15, 0.2) is 0 Å². The van der Waals surface area contributed by atoms with Crippen LogP contribution in [0.25, 0.3) is 0 Å². The van der Waals surface area contributed by atoms with E-state index in [-0.39, 0.29) is 82.1 Å². The van der Waals surface area contributed by atoms with Gasteiger partial charge in [0.1, 0.15) is 0 Å². The maximum atomic E-state index is 12.1. The van der Waals surface area contributed by atoms with E-state index in [2.05, 4.69) is 11.7 Å². The number of esters is 3. The van der Waals surface area contributed by atoms with Crippen molar-refractivity contribution in [1.82, 2.24) is 0 Å². The predicted octanol–water partition coefficient (Wildman–Crippen LogP) is 8.16. The van der Waals surface area contributed by atoms with Crippen LogP contribution in [0.1, 0.15) is 93.2 Å². The first kappa shape index (κ1) is 74.6. The summed E-state index contributed by atoms with van der Waals surface area (Å²) in [6.07, 6.45) is 4.43. The van der Waals surface area contributed by atoms with Gasteiger partial charge in [-0.1, -0.05) is 108 Å². The summed E-state index contributed by atoms with van der Waals surface area (Å²) in [6.45, 7) is 8.33. The minimum atomic E-state index is -3.44. The van der Waals surface area contributed by atoms with Crippen molar-refractivity contribution in [2.24, 2.45) is 0 Å². The predicted molar refractivity (Wildman–Crippen MR) is 312 cm³/mol. The van der Waals surface area contributed by atoms with E-state index < -0.39 is 38.5 Å². The molecule has 0 atom stereocenters. The van der Waals surface area contributed by atoms with Crippen molar-refractivity contribution in [3.63, 3.8) is 0 Å². The number of unbranched alkanes of at least 4 members (excludes halogenated alkanes) is 3. The van der Waals surface area contributed by atoms with E-state index in [9.17, 15) is 39.6 Å². The molecular formula is C56H68ClKO14S6. The zero-order chi connectivity index (χ0) is 57.5. The molecule has 0 aliphatic heterocycles. The summed E-state index contributed by atoms with van der Waals surface area (Å²) < 4.78 is 79.3. The largest absolute Gasteiger partial charge is 1.00 e. The molecule has 0 saturated heterocycles. The molecule has 78 heavy (non-hydrogen) atoms. The Morgan fingerprint density at radius 2 is 0.782 bits per heavy atom. The first-order valence-electron chi connectivity index (χ1n) is 24.1. The van der Waals surface area contributed by atoms with Crippen LogP contribution in [-0.4, -0.2) is 102 Å². The Morgan fingerprint density at radius 1 is 0.474 bits per heavy atom. The van der Waals surface area contributed by atoms with E-state index in [4.69, 9.17) is 36.4 Å². The third kappa shape index (κ3) is 34.0. The molecule has 0 aliphatic rings. The molecule has 0 unspecified atom stereocenters. The van der Waals surface area contributed by atoms with Crippen molar-refractivity contribution in [3.05, 3.63) is 197 Å². The number of aliphatic hydroxyl groups excluding tert-OH is 3. The zero-order valence-electron chi connectivity index (χ0n) is 44.4. The molecule has 3 N–H and O–H groups in total. The van der Waals surface area contributed by atoms with Gasteiger partial charge in [0.25, 0.3) is 0 Å². The molecular weight excluding hydrogens is 1160 g/mol. The van der Waals surface area contributed by atoms with Crippen LogP contribution in [-0.2, 0) is 47.7 Å². The fourth-order valence-corrected chi connectivity index (χ4v) is 12.2. The monoisotopic (exact) mass is 1230 g/mol. The van der Waals surface area contributed by atoms with Gasteiger partial charge in [-0.15, -0.1) is 11.6 Å². The third-order valence-electron chi connectivity index (χ3n) is 9.49. The topological polar surface area (TPSA) is 233 Å². The first-order chi connectivity index (χ1) is 36.6. The molecule has 0 amide bonds. The molecule has 0 radical (unpaired) electrons. The molecule has 420 valence electrons. The van der Waals surface area contributed by atoms with Crippen molar-refractivity contribution in [2.45, 2.75) is 80.9 Å². The van der Waals surface area contributed by atoms with E-state index in [0.29, 0.717) is 76.2 Å². The summed E-state index contributed by atoms with van der Waals surface area (Å²) in [5.74, 6) is 0.0330. The van der Waals surface area contributed by atoms with Gasteiger partial charge in [-0.3, -0.25) is 0 Å². The fraction of sp³-hybridized carbons (Fsp3) is 0.304. The summed E-state index contributed by atoms with van der Waals surface area (Å²) in [5, 5.41) is 24.3. The van der Waals surface area contributed by atoms with Gasteiger partial charge < -0.3 is 36.5 Å². The Morgan fingerprint density at radius 3 is 1.09 bits per heavy atom. The van der Waals surface area contributed by atoms with Gasteiger partial charge >= 0.3 is 69.3 Å². The molecule has 0 heterocycles. The number of ether oxygens (including phenoxy) is 2. The average molecular weight is 1230 g/mol. The Balaban J connectivity index is 0.000000983. The summed E-state index contributed by atoms with van der Waals surface area (Å²) in [5.41, 5.74) is 4.33. The Kier molecular flexibility index (Phi) is 41.5. The second kappa shape index (κ2) is 43.4. The average Bonchev–Trinajstić information content (AvgIpc) is 3.42.